The van der Waals surface area contributed by atoms with Crippen LogP contribution in [0.4, 0.5) is 0 Å². The third kappa shape index (κ3) is 3.16. The summed E-state index contributed by atoms with van der Waals surface area (Å²) in [7, 11) is 0. The van der Waals surface area contributed by atoms with Gasteiger partial charge in [-0.25, -0.2) is 4.98 Å². The van der Waals surface area contributed by atoms with Crippen LogP contribution in [-0.2, 0) is 0 Å². The van der Waals surface area contributed by atoms with Gasteiger partial charge in [0.05, 0.1) is 28.5 Å². The molecule has 0 bridgehead atoms. The number of hydrogen-bond acceptors (Lipinski definition) is 5. The molecule has 0 saturated carbocycles. The number of hydrogen-bond donors (Lipinski definition) is 0. The maximum absolute atomic E-state index is 13.7. The van der Waals surface area contributed by atoms with Crippen molar-refractivity contribution in [2.45, 2.75) is 25.8 Å². The Morgan fingerprint density at radius 1 is 1.14 bits per heavy atom. The lowest BCUT2D eigenvalue weighted by Gasteiger charge is -2.23. The Bertz CT molecular complexity index is 1190. The maximum Gasteiger partial charge on any atom is 0.255 e. The van der Waals surface area contributed by atoms with Crippen molar-refractivity contribution < 1.29 is 9.32 Å². The van der Waals surface area contributed by atoms with Crippen LogP contribution in [0.25, 0.3) is 22.2 Å². The molecule has 0 N–H and O–H groups in total. The third-order valence-corrected chi connectivity index (χ3v) is 5.41. The van der Waals surface area contributed by atoms with Crippen molar-refractivity contribution in [3.05, 3.63) is 77.9 Å². The molecule has 29 heavy (non-hydrogen) atoms. The second kappa shape index (κ2) is 7.13. The lowest BCUT2D eigenvalue weighted by Crippen LogP contribution is -2.30. The fourth-order valence-electron chi connectivity index (χ4n) is 4.02. The molecular weight excluding hydrogens is 364 g/mol. The molecular formula is C23H20N4O2. The Hall–Kier alpha value is -3.54. The Morgan fingerprint density at radius 2 is 1.97 bits per heavy atom. The van der Waals surface area contributed by atoms with Crippen LogP contribution in [0.5, 0.6) is 0 Å². The second-order valence-corrected chi connectivity index (χ2v) is 7.34. The molecule has 0 spiro atoms. The highest BCUT2D eigenvalue weighted by Gasteiger charge is 2.34. The van der Waals surface area contributed by atoms with Crippen LogP contribution in [0.3, 0.4) is 0 Å². The molecule has 0 radical (unpaired) electrons. The quantitative estimate of drug-likeness (QED) is 0.517. The number of aryl methyl sites for hydroxylation is 1. The first kappa shape index (κ1) is 17.6. The molecule has 6 heteroatoms. The van der Waals surface area contributed by atoms with Crippen LogP contribution >= 0.6 is 0 Å². The van der Waals surface area contributed by atoms with Crippen LogP contribution in [0, 0.1) is 6.92 Å². The fourth-order valence-corrected chi connectivity index (χ4v) is 4.02. The van der Waals surface area contributed by atoms with Crippen molar-refractivity contribution in [2.24, 2.45) is 0 Å². The highest BCUT2D eigenvalue weighted by Crippen LogP contribution is 2.35. The summed E-state index contributed by atoms with van der Waals surface area (Å²) in [6.07, 6.45) is 5.28. The van der Waals surface area contributed by atoms with Crippen molar-refractivity contribution in [3.8, 4) is 11.3 Å². The van der Waals surface area contributed by atoms with Gasteiger partial charge in [0.2, 0.25) is 0 Å². The van der Waals surface area contributed by atoms with Crippen molar-refractivity contribution in [3.63, 3.8) is 0 Å². The molecule has 1 saturated heterocycles. The van der Waals surface area contributed by atoms with Gasteiger partial charge in [0.1, 0.15) is 0 Å². The second-order valence-electron chi connectivity index (χ2n) is 7.34. The molecule has 0 aliphatic carbocycles. The van der Waals surface area contributed by atoms with E-state index in [2.05, 4.69) is 10.1 Å². The predicted octanol–water partition coefficient (Wildman–Crippen LogP) is 4.57. The molecule has 1 atom stereocenters. The average Bonchev–Trinajstić information content (AvgIpc) is 3.42. The summed E-state index contributed by atoms with van der Waals surface area (Å²) < 4.78 is 5.48. The van der Waals surface area contributed by atoms with Gasteiger partial charge < -0.3 is 9.42 Å². The van der Waals surface area contributed by atoms with Crippen molar-refractivity contribution in [1.29, 1.82) is 0 Å². The van der Waals surface area contributed by atoms with Gasteiger partial charge >= 0.3 is 0 Å². The van der Waals surface area contributed by atoms with Gasteiger partial charge in [-0.3, -0.25) is 9.78 Å². The minimum atomic E-state index is -0.0833. The number of para-hydroxylation sites is 1. The van der Waals surface area contributed by atoms with E-state index < -0.39 is 0 Å². The van der Waals surface area contributed by atoms with E-state index in [1.165, 1.54) is 0 Å². The van der Waals surface area contributed by atoms with Gasteiger partial charge in [-0.1, -0.05) is 23.4 Å². The van der Waals surface area contributed by atoms with Crippen LogP contribution < -0.4 is 0 Å². The normalized spacial score (nSPS) is 16.4. The summed E-state index contributed by atoms with van der Waals surface area (Å²) in [6.45, 7) is 2.59. The number of fused-ring (bicyclic) bond motifs is 1. The van der Waals surface area contributed by atoms with E-state index in [1.54, 1.807) is 12.4 Å². The number of benzene rings is 1. The van der Waals surface area contributed by atoms with Gasteiger partial charge in [-0.05, 0) is 44.0 Å². The number of amides is 1. The first-order valence-corrected chi connectivity index (χ1v) is 9.75. The third-order valence-electron chi connectivity index (χ3n) is 5.41. The van der Waals surface area contributed by atoms with Crippen LogP contribution in [0.2, 0.25) is 0 Å². The van der Waals surface area contributed by atoms with Crippen LogP contribution in [0.1, 0.15) is 40.7 Å². The van der Waals surface area contributed by atoms with Gasteiger partial charge in [0, 0.05) is 36.0 Å². The van der Waals surface area contributed by atoms with Crippen molar-refractivity contribution >= 4 is 16.8 Å². The number of aromatic nitrogens is 3. The molecule has 4 heterocycles. The largest absolute Gasteiger partial charge is 0.359 e. The predicted molar refractivity (Wildman–Crippen MR) is 109 cm³/mol. The van der Waals surface area contributed by atoms with Crippen molar-refractivity contribution in [2.75, 3.05) is 6.54 Å². The first-order valence-electron chi connectivity index (χ1n) is 9.75. The standard InChI is InChI=1S/C23H20N4O2/c1-15-13-22(29-26-15)21-7-4-12-27(21)23(28)18-14-20(16-8-10-24-11-9-16)25-19-6-3-2-5-17(18)19/h2-3,5-6,8-11,13-14,21H,4,7,12H2,1H3/t21-/m0/s1. The van der Waals surface area contributed by atoms with E-state index in [4.69, 9.17) is 9.51 Å². The zero-order valence-electron chi connectivity index (χ0n) is 16.1. The zero-order valence-corrected chi connectivity index (χ0v) is 16.1. The summed E-state index contributed by atoms with van der Waals surface area (Å²) in [4.78, 5) is 24.4. The summed E-state index contributed by atoms with van der Waals surface area (Å²) in [5.41, 5.74) is 3.99. The van der Waals surface area contributed by atoms with Gasteiger partial charge in [0.25, 0.3) is 5.91 Å². The lowest BCUT2D eigenvalue weighted by molar-refractivity contribution is 0.0716. The minimum absolute atomic E-state index is 0.00420. The highest BCUT2D eigenvalue weighted by atomic mass is 16.5. The highest BCUT2D eigenvalue weighted by molar-refractivity contribution is 6.07. The van der Waals surface area contributed by atoms with E-state index in [1.807, 2.05) is 60.4 Å². The number of carbonyl (C=O) groups excluding carboxylic acids is 1. The van der Waals surface area contributed by atoms with Crippen LogP contribution in [-0.4, -0.2) is 32.5 Å². The Kier molecular flexibility index (Phi) is 4.31. The molecule has 5 rings (SSSR count). The molecule has 3 aromatic heterocycles. The molecule has 6 nitrogen and oxygen atoms in total. The smallest absolute Gasteiger partial charge is 0.255 e. The molecule has 1 aliphatic rings. The van der Waals surface area contributed by atoms with E-state index in [9.17, 15) is 4.79 Å². The van der Waals surface area contributed by atoms with Crippen LogP contribution in [0.15, 0.2) is 65.4 Å². The summed E-state index contributed by atoms with van der Waals surface area (Å²) >= 11 is 0. The Labute approximate surface area is 168 Å². The van der Waals surface area contributed by atoms with Crippen molar-refractivity contribution in [1.82, 2.24) is 20.0 Å². The lowest BCUT2D eigenvalue weighted by atomic mass is 10.0. The summed E-state index contributed by atoms with van der Waals surface area (Å²) in [5.74, 6) is 0.747. The van der Waals surface area contributed by atoms with E-state index in [0.717, 1.165) is 46.5 Å². The monoisotopic (exact) mass is 384 g/mol. The summed E-state index contributed by atoms with van der Waals surface area (Å²) in [6, 6.07) is 15.3. The van der Waals surface area contributed by atoms with Gasteiger partial charge in [-0.2, -0.15) is 0 Å². The number of likely N-dealkylation sites (tertiary alicyclic amines) is 1. The molecule has 1 aliphatic heterocycles. The minimum Gasteiger partial charge on any atom is -0.359 e. The molecule has 1 amide bonds. The summed E-state index contributed by atoms with van der Waals surface area (Å²) in [5, 5.41) is 4.86. The number of pyridine rings is 2. The fraction of sp³-hybridized carbons (Fsp3) is 0.217. The molecule has 144 valence electrons. The molecule has 4 aromatic rings. The maximum atomic E-state index is 13.7. The average molecular weight is 384 g/mol. The Balaban J connectivity index is 1.61. The first-order chi connectivity index (χ1) is 14.2. The van der Waals surface area contributed by atoms with E-state index in [0.29, 0.717) is 12.1 Å². The molecule has 0 unspecified atom stereocenters. The van der Waals surface area contributed by atoms with Gasteiger partial charge in [-0.15, -0.1) is 0 Å². The van der Waals surface area contributed by atoms with E-state index >= 15 is 0 Å². The SMILES string of the molecule is Cc1cc([C@@H]2CCCN2C(=O)c2cc(-c3ccncc3)nc3ccccc23)on1. The molecule has 1 aromatic carbocycles. The molecule has 1 fully saturated rings. The zero-order chi connectivity index (χ0) is 19.8. The Morgan fingerprint density at radius 3 is 2.76 bits per heavy atom. The number of nitrogens with zero attached hydrogens (tertiary/aromatic N) is 4. The van der Waals surface area contributed by atoms with E-state index in [-0.39, 0.29) is 11.9 Å². The number of rotatable bonds is 3. The number of carbonyl (C=O) groups is 1. The van der Waals surface area contributed by atoms with Gasteiger partial charge in [0.15, 0.2) is 5.76 Å². The topological polar surface area (TPSA) is 72.1 Å².